The highest BCUT2D eigenvalue weighted by Gasteiger charge is 2.24. The van der Waals surface area contributed by atoms with E-state index in [4.69, 9.17) is 6.42 Å². The van der Waals surface area contributed by atoms with E-state index in [1.807, 2.05) is 0 Å². The number of nitrogens with one attached hydrogen (secondary N) is 1. The van der Waals surface area contributed by atoms with Crippen molar-refractivity contribution in [1.82, 2.24) is 10.2 Å². The normalized spacial score (nSPS) is 18.2. The lowest BCUT2D eigenvalue weighted by molar-refractivity contribution is 0.286. The third-order valence-corrected chi connectivity index (χ3v) is 4.10. The summed E-state index contributed by atoms with van der Waals surface area (Å²) in [6.07, 6.45) is 10.9. The molecule has 0 aliphatic heterocycles. The predicted octanol–water partition coefficient (Wildman–Crippen LogP) is 2.78. The van der Waals surface area contributed by atoms with E-state index in [0.717, 1.165) is 38.1 Å². The average Bonchev–Trinajstić information content (AvgIpc) is 3.32. The summed E-state index contributed by atoms with van der Waals surface area (Å²) in [5, 5.41) is 3.57. The van der Waals surface area contributed by atoms with E-state index >= 15 is 0 Å². The maximum Gasteiger partial charge on any atom is 0.0601 e. The Bertz CT molecular complexity index is 480. The fourth-order valence-corrected chi connectivity index (χ4v) is 2.63. The molecule has 0 heterocycles. The van der Waals surface area contributed by atoms with E-state index in [1.54, 1.807) is 0 Å². The number of rotatable bonds is 8. The summed E-state index contributed by atoms with van der Waals surface area (Å²) >= 11 is 0. The summed E-state index contributed by atoms with van der Waals surface area (Å²) in [6, 6.07) is 9.70. The molecule has 0 unspecified atom stereocenters. The van der Waals surface area contributed by atoms with E-state index < -0.39 is 0 Å². The van der Waals surface area contributed by atoms with Crippen molar-refractivity contribution in [3.63, 3.8) is 0 Å². The van der Waals surface area contributed by atoms with Gasteiger partial charge in [-0.3, -0.25) is 4.90 Å². The number of hydrogen-bond donors (Lipinski definition) is 1. The summed E-state index contributed by atoms with van der Waals surface area (Å²) in [4.78, 5) is 2.41. The second kappa shape index (κ2) is 6.43. The first-order valence-corrected chi connectivity index (χ1v) is 7.80. The molecule has 1 aromatic rings. The van der Waals surface area contributed by atoms with Crippen LogP contribution in [0.3, 0.4) is 0 Å². The lowest BCUT2D eigenvalue weighted by Crippen LogP contribution is -2.26. The molecule has 0 spiro atoms. The van der Waals surface area contributed by atoms with Gasteiger partial charge in [0.25, 0.3) is 0 Å². The van der Waals surface area contributed by atoms with Crippen molar-refractivity contribution in [2.45, 2.75) is 44.8 Å². The Kier molecular flexibility index (Phi) is 4.40. The summed E-state index contributed by atoms with van der Waals surface area (Å²) in [7, 11) is 0. The molecule has 20 heavy (non-hydrogen) atoms. The van der Waals surface area contributed by atoms with Crippen molar-refractivity contribution in [2.24, 2.45) is 5.92 Å². The van der Waals surface area contributed by atoms with Crippen molar-refractivity contribution in [1.29, 1.82) is 0 Å². The first kappa shape index (κ1) is 13.7. The summed E-state index contributed by atoms with van der Waals surface area (Å²) in [6.45, 7) is 3.91. The molecule has 2 saturated carbocycles. The van der Waals surface area contributed by atoms with Gasteiger partial charge in [-0.05, 0) is 42.7 Å². The maximum absolute atomic E-state index is 5.50. The smallest absolute Gasteiger partial charge is 0.0601 e. The van der Waals surface area contributed by atoms with Crippen LogP contribution in [0.2, 0.25) is 0 Å². The first-order valence-electron chi connectivity index (χ1n) is 7.80. The standard InChI is InChI=1S/C18H24N2/c1-2-10-20(13-15-6-7-15)14-17-5-3-4-16(11-17)12-19-18-8-9-18/h1,3-5,11,15,18-19H,6-10,12-14H2. The Balaban J connectivity index is 1.56. The third-order valence-electron chi connectivity index (χ3n) is 4.10. The predicted molar refractivity (Wildman–Crippen MR) is 83.1 cm³/mol. The Labute approximate surface area is 122 Å². The molecule has 0 saturated heterocycles. The van der Waals surface area contributed by atoms with E-state index in [2.05, 4.69) is 40.4 Å². The number of terminal acetylenes is 1. The molecule has 0 bridgehead atoms. The quantitative estimate of drug-likeness (QED) is 0.729. The van der Waals surface area contributed by atoms with Gasteiger partial charge in [0, 0.05) is 25.7 Å². The Morgan fingerprint density at radius 2 is 2.00 bits per heavy atom. The van der Waals surface area contributed by atoms with Crippen molar-refractivity contribution < 1.29 is 0 Å². The lowest BCUT2D eigenvalue weighted by atomic mass is 10.1. The number of benzene rings is 1. The molecular weight excluding hydrogens is 244 g/mol. The molecule has 2 aliphatic carbocycles. The van der Waals surface area contributed by atoms with Gasteiger partial charge in [-0.25, -0.2) is 0 Å². The van der Waals surface area contributed by atoms with Crippen LogP contribution in [-0.2, 0) is 13.1 Å². The van der Waals surface area contributed by atoms with Crippen molar-refractivity contribution >= 4 is 0 Å². The lowest BCUT2D eigenvalue weighted by Gasteiger charge is -2.20. The van der Waals surface area contributed by atoms with Crippen LogP contribution in [-0.4, -0.2) is 24.0 Å². The summed E-state index contributed by atoms with van der Waals surface area (Å²) in [5.41, 5.74) is 2.78. The number of nitrogens with zero attached hydrogens (tertiary/aromatic N) is 1. The van der Waals surface area contributed by atoms with Crippen LogP contribution in [0.1, 0.15) is 36.8 Å². The van der Waals surface area contributed by atoms with Gasteiger partial charge in [-0.1, -0.05) is 30.2 Å². The van der Waals surface area contributed by atoms with Gasteiger partial charge in [-0.15, -0.1) is 6.42 Å². The Morgan fingerprint density at radius 3 is 2.70 bits per heavy atom. The van der Waals surface area contributed by atoms with Crippen molar-refractivity contribution in [2.75, 3.05) is 13.1 Å². The molecule has 0 atom stereocenters. The topological polar surface area (TPSA) is 15.3 Å². The molecule has 0 radical (unpaired) electrons. The first-order chi connectivity index (χ1) is 9.83. The fraction of sp³-hybridized carbons (Fsp3) is 0.556. The third kappa shape index (κ3) is 4.37. The molecule has 2 fully saturated rings. The van der Waals surface area contributed by atoms with Crippen LogP contribution in [0.4, 0.5) is 0 Å². The van der Waals surface area contributed by atoms with Gasteiger partial charge in [0.15, 0.2) is 0 Å². The minimum absolute atomic E-state index is 0.765. The SMILES string of the molecule is C#CCN(Cc1cccc(CNC2CC2)c1)CC1CC1. The van der Waals surface area contributed by atoms with E-state index in [0.29, 0.717) is 0 Å². The molecule has 1 N–H and O–H groups in total. The minimum atomic E-state index is 0.765. The van der Waals surface area contributed by atoms with Crippen LogP contribution in [0.5, 0.6) is 0 Å². The maximum atomic E-state index is 5.50. The summed E-state index contributed by atoms with van der Waals surface area (Å²) in [5.74, 6) is 3.69. The van der Waals surface area contributed by atoms with Crippen LogP contribution in [0, 0.1) is 18.3 Å². The minimum Gasteiger partial charge on any atom is -0.310 e. The highest BCUT2D eigenvalue weighted by Crippen LogP contribution is 2.30. The molecule has 1 aromatic carbocycles. The van der Waals surface area contributed by atoms with E-state index in [9.17, 15) is 0 Å². The highest BCUT2D eigenvalue weighted by molar-refractivity contribution is 5.23. The zero-order valence-electron chi connectivity index (χ0n) is 12.1. The second-order valence-electron chi connectivity index (χ2n) is 6.29. The molecule has 3 rings (SSSR count). The molecular formula is C18H24N2. The molecule has 2 aliphatic rings. The zero-order valence-corrected chi connectivity index (χ0v) is 12.1. The van der Waals surface area contributed by atoms with Gasteiger partial charge in [0.05, 0.1) is 6.54 Å². The van der Waals surface area contributed by atoms with Crippen molar-refractivity contribution in [3.05, 3.63) is 35.4 Å². The van der Waals surface area contributed by atoms with Crippen LogP contribution < -0.4 is 5.32 Å². The van der Waals surface area contributed by atoms with Crippen LogP contribution >= 0.6 is 0 Å². The summed E-state index contributed by atoms with van der Waals surface area (Å²) < 4.78 is 0. The Morgan fingerprint density at radius 1 is 1.20 bits per heavy atom. The van der Waals surface area contributed by atoms with Gasteiger partial charge in [-0.2, -0.15) is 0 Å². The second-order valence-corrected chi connectivity index (χ2v) is 6.29. The van der Waals surface area contributed by atoms with Gasteiger partial charge >= 0.3 is 0 Å². The monoisotopic (exact) mass is 268 g/mol. The highest BCUT2D eigenvalue weighted by atomic mass is 15.1. The van der Waals surface area contributed by atoms with E-state index in [1.165, 1.54) is 36.8 Å². The Hall–Kier alpha value is -1.30. The van der Waals surface area contributed by atoms with E-state index in [-0.39, 0.29) is 0 Å². The number of hydrogen-bond acceptors (Lipinski definition) is 2. The average molecular weight is 268 g/mol. The molecule has 106 valence electrons. The molecule has 2 heteroatoms. The molecule has 0 aromatic heterocycles. The van der Waals surface area contributed by atoms with Gasteiger partial charge in [0.2, 0.25) is 0 Å². The molecule has 2 nitrogen and oxygen atoms in total. The molecule has 0 amide bonds. The van der Waals surface area contributed by atoms with Crippen LogP contribution in [0.25, 0.3) is 0 Å². The van der Waals surface area contributed by atoms with Gasteiger partial charge in [0.1, 0.15) is 0 Å². The largest absolute Gasteiger partial charge is 0.310 e. The van der Waals surface area contributed by atoms with Gasteiger partial charge < -0.3 is 5.32 Å². The van der Waals surface area contributed by atoms with Crippen LogP contribution in [0.15, 0.2) is 24.3 Å². The zero-order chi connectivity index (χ0) is 13.8. The van der Waals surface area contributed by atoms with Crippen molar-refractivity contribution in [3.8, 4) is 12.3 Å². The fourth-order valence-electron chi connectivity index (χ4n) is 2.63.